The molecular weight excluding hydrogens is 457 g/mol. The summed E-state index contributed by atoms with van der Waals surface area (Å²) in [7, 11) is 0. The van der Waals surface area contributed by atoms with Crippen molar-refractivity contribution in [2.45, 2.75) is 27.7 Å². The van der Waals surface area contributed by atoms with Gasteiger partial charge in [0.1, 0.15) is 11.5 Å². The molecule has 2 aromatic rings. The number of carbonyl (C=O) groups is 1. The van der Waals surface area contributed by atoms with Gasteiger partial charge in [-0.15, -0.1) is 36.2 Å². The van der Waals surface area contributed by atoms with Crippen LogP contribution in [-0.4, -0.2) is 59.4 Å². The first-order valence-electron chi connectivity index (χ1n) is 9.92. The molecule has 0 unspecified atom stereocenters. The molecule has 4 rings (SSSR count). The standard InChI is InChI=1S/C22H27N3O3S.2ClH/c1-14-5-6-17-18(11-14)28-20-16(12-15(2)29-20)19(23-17)25-9-7-24(8-10-25)13-22(3,4)21(26)27;;/h5-6,11-12H,7-10,13H2,1-4H3,(H,26,27);2*1H. The number of aliphatic carboxylic acids is 1. The summed E-state index contributed by atoms with van der Waals surface area (Å²) in [5.41, 5.74) is 2.29. The fourth-order valence-electron chi connectivity index (χ4n) is 3.78. The van der Waals surface area contributed by atoms with Crippen LogP contribution < -0.4 is 4.74 Å². The van der Waals surface area contributed by atoms with Crippen molar-refractivity contribution in [1.29, 1.82) is 0 Å². The van der Waals surface area contributed by atoms with Gasteiger partial charge >= 0.3 is 5.97 Å². The number of aryl methyl sites for hydroxylation is 2. The zero-order valence-electron chi connectivity index (χ0n) is 18.2. The Morgan fingerprint density at radius 2 is 1.84 bits per heavy atom. The molecule has 0 radical (unpaired) electrons. The fourth-order valence-corrected chi connectivity index (χ4v) is 4.64. The molecule has 2 aliphatic rings. The third-order valence-corrected chi connectivity index (χ3v) is 6.40. The fraction of sp³-hybridized carbons (Fsp3) is 0.455. The lowest BCUT2D eigenvalue weighted by atomic mass is 9.93. The minimum absolute atomic E-state index is 0. The highest BCUT2D eigenvalue weighted by Crippen LogP contribution is 2.42. The van der Waals surface area contributed by atoms with Gasteiger partial charge in [-0.25, -0.2) is 4.99 Å². The molecule has 0 atom stereocenters. The van der Waals surface area contributed by atoms with E-state index in [9.17, 15) is 9.90 Å². The number of hydrogen-bond donors (Lipinski definition) is 1. The smallest absolute Gasteiger partial charge is 0.310 e. The predicted octanol–water partition coefficient (Wildman–Crippen LogP) is 5.12. The average Bonchev–Trinajstić information content (AvgIpc) is 2.94. The Morgan fingerprint density at radius 1 is 1.16 bits per heavy atom. The van der Waals surface area contributed by atoms with E-state index < -0.39 is 11.4 Å². The molecule has 0 saturated carbocycles. The minimum atomic E-state index is -0.754. The van der Waals surface area contributed by atoms with E-state index >= 15 is 0 Å². The maximum Gasteiger partial charge on any atom is 0.310 e. The van der Waals surface area contributed by atoms with Crippen molar-refractivity contribution in [2.75, 3.05) is 32.7 Å². The number of carboxylic acids is 1. The molecule has 31 heavy (non-hydrogen) atoms. The summed E-state index contributed by atoms with van der Waals surface area (Å²) in [6, 6.07) is 8.25. The highest BCUT2D eigenvalue weighted by atomic mass is 35.5. The highest BCUT2D eigenvalue weighted by molar-refractivity contribution is 7.14. The summed E-state index contributed by atoms with van der Waals surface area (Å²) in [6.45, 7) is 11.5. The Hall–Kier alpha value is -1.80. The largest absolute Gasteiger partial charge is 0.481 e. The van der Waals surface area contributed by atoms with Crippen LogP contribution in [-0.2, 0) is 4.79 Å². The van der Waals surface area contributed by atoms with E-state index in [4.69, 9.17) is 9.73 Å². The lowest BCUT2D eigenvalue weighted by Gasteiger charge is -2.38. The third-order valence-electron chi connectivity index (χ3n) is 5.48. The van der Waals surface area contributed by atoms with Crippen LogP contribution in [0.4, 0.5) is 5.69 Å². The van der Waals surface area contributed by atoms with Crippen molar-refractivity contribution in [3.63, 3.8) is 0 Å². The second-order valence-electron chi connectivity index (χ2n) is 8.52. The third kappa shape index (κ3) is 5.34. The molecule has 0 amide bonds. The van der Waals surface area contributed by atoms with Gasteiger partial charge in [0.25, 0.3) is 0 Å². The number of thiophene rings is 1. The summed E-state index contributed by atoms with van der Waals surface area (Å²) in [5.74, 6) is 0.990. The molecule has 1 N–H and O–H groups in total. The van der Waals surface area contributed by atoms with Crippen LogP contribution in [0.3, 0.4) is 0 Å². The summed E-state index contributed by atoms with van der Waals surface area (Å²) < 4.78 is 6.24. The number of hydrogen-bond acceptors (Lipinski definition) is 6. The summed E-state index contributed by atoms with van der Waals surface area (Å²) >= 11 is 1.65. The van der Waals surface area contributed by atoms with Gasteiger partial charge in [-0.1, -0.05) is 6.07 Å². The van der Waals surface area contributed by atoms with E-state index in [1.807, 2.05) is 12.1 Å². The quantitative estimate of drug-likeness (QED) is 0.653. The van der Waals surface area contributed by atoms with Crippen LogP contribution in [0.2, 0.25) is 0 Å². The van der Waals surface area contributed by atoms with Crippen molar-refractivity contribution in [2.24, 2.45) is 10.4 Å². The van der Waals surface area contributed by atoms with Crippen molar-refractivity contribution in [1.82, 2.24) is 9.80 Å². The molecule has 0 bridgehead atoms. The first kappa shape index (κ1) is 25.5. The number of fused-ring (bicyclic) bond motifs is 2. The predicted molar refractivity (Wildman–Crippen MR) is 130 cm³/mol. The molecule has 1 aromatic heterocycles. The number of piperazine rings is 1. The van der Waals surface area contributed by atoms with Crippen molar-refractivity contribution < 1.29 is 14.6 Å². The maximum absolute atomic E-state index is 11.5. The summed E-state index contributed by atoms with van der Waals surface area (Å²) in [5, 5.41) is 10.3. The molecule has 170 valence electrons. The van der Waals surface area contributed by atoms with Crippen LogP contribution in [0, 0.1) is 19.3 Å². The van der Waals surface area contributed by atoms with E-state index in [2.05, 4.69) is 35.8 Å². The molecule has 9 heteroatoms. The zero-order chi connectivity index (χ0) is 20.8. The minimum Gasteiger partial charge on any atom is -0.481 e. The summed E-state index contributed by atoms with van der Waals surface area (Å²) in [4.78, 5) is 22.2. The molecule has 0 aliphatic carbocycles. The number of rotatable bonds is 3. The van der Waals surface area contributed by atoms with Gasteiger partial charge < -0.3 is 14.7 Å². The molecule has 2 aliphatic heterocycles. The number of amidine groups is 1. The normalized spacial score (nSPS) is 16.0. The monoisotopic (exact) mass is 485 g/mol. The molecule has 0 spiro atoms. The SMILES string of the molecule is Cc1ccc2c(c1)Oc1sc(C)cc1C(N1CCN(CC(C)(C)C(=O)O)CC1)=N2.Cl.Cl. The topological polar surface area (TPSA) is 65.4 Å². The van der Waals surface area contributed by atoms with Gasteiger partial charge in [0, 0.05) is 37.6 Å². The molecule has 1 saturated heterocycles. The molecule has 1 fully saturated rings. The van der Waals surface area contributed by atoms with Gasteiger partial charge in [-0.05, 0) is 51.5 Å². The second kappa shape index (κ2) is 9.77. The molecular formula is C22H29Cl2N3O3S. The van der Waals surface area contributed by atoms with E-state index in [-0.39, 0.29) is 24.8 Å². The van der Waals surface area contributed by atoms with E-state index in [0.717, 1.165) is 59.6 Å². The first-order chi connectivity index (χ1) is 13.7. The Kier molecular flexibility index (Phi) is 8.03. The first-order valence-corrected chi connectivity index (χ1v) is 10.7. The van der Waals surface area contributed by atoms with E-state index in [0.29, 0.717) is 6.54 Å². The molecule has 1 aromatic carbocycles. The molecule has 6 nitrogen and oxygen atoms in total. The van der Waals surface area contributed by atoms with Crippen LogP contribution in [0.25, 0.3) is 0 Å². The Labute approximate surface area is 199 Å². The number of benzene rings is 1. The second-order valence-corrected chi connectivity index (χ2v) is 9.74. The summed E-state index contributed by atoms with van der Waals surface area (Å²) in [6.07, 6.45) is 0. The van der Waals surface area contributed by atoms with Crippen molar-refractivity contribution in [3.05, 3.63) is 40.3 Å². The van der Waals surface area contributed by atoms with Gasteiger partial charge in [0.2, 0.25) is 0 Å². The zero-order valence-corrected chi connectivity index (χ0v) is 20.6. The van der Waals surface area contributed by atoms with Gasteiger partial charge in [-0.3, -0.25) is 9.69 Å². The van der Waals surface area contributed by atoms with E-state index in [1.165, 1.54) is 4.88 Å². The Balaban J connectivity index is 0.00000171. The van der Waals surface area contributed by atoms with Crippen LogP contribution in [0.1, 0.15) is 29.9 Å². The lowest BCUT2D eigenvalue weighted by Crippen LogP contribution is -2.51. The van der Waals surface area contributed by atoms with Gasteiger partial charge in [0.05, 0.1) is 11.0 Å². The number of nitrogens with zero attached hydrogens (tertiary/aromatic N) is 3. The highest BCUT2D eigenvalue weighted by Gasteiger charge is 2.33. The Bertz CT molecular complexity index is 982. The van der Waals surface area contributed by atoms with E-state index in [1.54, 1.807) is 25.2 Å². The van der Waals surface area contributed by atoms with Crippen LogP contribution >= 0.6 is 36.2 Å². The van der Waals surface area contributed by atoms with Gasteiger partial charge in [-0.2, -0.15) is 0 Å². The van der Waals surface area contributed by atoms with Gasteiger partial charge in [0.15, 0.2) is 10.8 Å². The number of halogens is 2. The molecule has 3 heterocycles. The van der Waals surface area contributed by atoms with Crippen LogP contribution in [0.5, 0.6) is 10.8 Å². The number of carboxylic acid groups (broad SMARTS) is 1. The average molecular weight is 486 g/mol. The maximum atomic E-state index is 11.5. The number of ether oxygens (including phenoxy) is 1. The van der Waals surface area contributed by atoms with Crippen LogP contribution in [0.15, 0.2) is 29.3 Å². The van der Waals surface area contributed by atoms with Crippen molar-refractivity contribution >= 4 is 53.6 Å². The Morgan fingerprint density at radius 3 is 2.48 bits per heavy atom. The lowest BCUT2D eigenvalue weighted by molar-refractivity contribution is -0.148. The number of aliphatic imine (C=N–C) groups is 1. The van der Waals surface area contributed by atoms with Crippen molar-refractivity contribution in [3.8, 4) is 10.8 Å².